The lowest BCUT2D eigenvalue weighted by atomic mass is 10.3. The molecule has 1 aromatic heterocycles. The van der Waals surface area contributed by atoms with Crippen LogP contribution in [0.15, 0.2) is 12.1 Å². The lowest BCUT2D eigenvalue weighted by Crippen LogP contribution is -2.11. The van der Waals surface area contributed by atoms with E-state index in [-0.39, 0.29) is 0 Å². The normalized spacial score (nSPS) is 10.3. The van der Waals surface area contributed by atoms with Crippen LogP contribution in [0.25, 0.3) is 0 Å². The maximum atomic E-state index is 5.70. The molecule has 0 saturated heterocycles. The highest BCUT2D eigenvalue weighted by atomic mass is 35.5. The van der Waals surface area contributed by atoms with Gasteiger partial charge in [0.2, 0.25) is 0 Å². The summed E-state index contributed by atoms with van der Waals surface area (Å²) in [5.41, 5.74) is 6.19. The molecule has 3 nitrogen and oxygen atoms in total. The molecule has 4 heteroatoms. The summed E-state index contributed by atoms with van der Waals surface area (Å²) >= 11 is 5.70. The summed E-state index contributed by atoms with van der Waals surface area (Å²) in [4.78, 5) is 4.05. The molecule has 0 aromatic carbocycles. The molecule has 0 aliphatic heterocycles. The van der Waals surface area contributed by atoms with E-state index >= 15 is 0 Å². The largest absolute Gasteiger partial charge is 0.399 e. The topological polar surface area (TPSA) is 50.9 Å². The van der Waals surface area contributed by atoms with E-state index in [1.54, 1.807) is 12.1 Å². The van der Waals surface area contributed by atoms with E-state index < -0.39 is 0 Å². The van der Waals surface area contributed by atoms with Crippen molar-refractivity contribution < 1.29 is 0 Å². The third-order valence-corrected chi connectivity index (χ3v) is 1.45. The second-order valence-corrected chi connectivity index (χ2v) is 3.29. The molecule has 0 unspecified atom stereocenters. The Labute approximate surface area is 76.9 Å². The molecule has 1 rings (SSSR count). The highest BCUT2D eigenvalue weighted by Crippen LogP contribution is 2.16. The van der Waals surface area contributed by atoms with Gasteiger partial charge >= 0.3 is 0 Å². The molecule has 3 N–H and O–H groups in total. The molecule has 0 aliphatic rings. The van der Waals surface area contributed by atoms with Crippen LogP contribution in [-0.2, 0) is 0 Å². The second kappa shape index (κ2) is 3.63. The Morgan fingerprint density at radius 1 is 1.50 bits per heavy atom. The van der Waals surface area contributed by atoms with Gasteiger partial charge < -0.3 is 11.1 Å². The van der Waals surface area contributed by atoms with E-state index in [4.69, 9.17) is 17.3 Å². The highest BCUT2D eigenvalue weighted by molar-refractivity contribution is 6.29. The van der Waals surface area contributed by atoms with Crippen molar-refractivity contribution in [3.63, 3.8) is 0 Å². The zero-order valence-electron chi connectivity index (χ0n) is 7.13. The van der Waals surface area contributed by atoms with Crippen molar-refractivity contribution in [2.24, 2.45) is 0 Å². The van der Waals surface area contributed by atoms with E-state index in [1.807, 2.05) is 13.8 Å². The van der Waals surface area contributed by atoms with E-state index in [0.717, 1.165) is 5.82 Å². The van der Waals surface area contributed by atoms with Gasteiger partial charge in [-0.05, 0) is 19.9 Å². The van der Waals surface area contributed by atoms with Crippen molar-refractivity contribution in [2.45, 2.75) is 19.9 Å². The van der Waals surface area contributed by atoms with E-state index in [9.17, 15) is 0 Å². The van der Waals surface area contributed by atoms with E-state index in [1.165, 1.54) is 0 Å². The number of halogens is 1. The van der Waals surface area contributed by atoms with Crippen LogP contribution in [0.4, 0.5) is 11.5 Å². The number of nitrogens with two attached hydrogens (primary N) is 1. The van der Waals surface area contributed by atoms with Crippen molar-refractivity contribution in [1.82, 2.24) is 4.98 Å². The summed E-state index contributed by atoms with van der Waals surface area (Å²) in [7, 11) is 0. The molecule has 0 amide bonds. The standard InChI is InChI=1S/C8H12ClN3/c1-5(2)11-8-4-6(10)3-7(9)12-8/h3-5H,1-2H3,(H3,10,11,12). The third-order valence-electron chi connectivity index (χ3n) is 1.25. The number of hydrogen-bond acceptors (Lipinski definition) is 3. The summed E-state index contributed by atoms with van der Waals surface area (Å²) in [5.74, 6) is 0.718. The average molecular weight is 186 g/mol. The Kier molecular flexibility index (Phi) is 2.76. The minimum atomic E-state index is 0.329. The molecule has 0 saturated carbocycles. The summed E-state index contributed by atoms with van der Waals surface area (Å²) in [6.45, 7) is 4.05. The molecular formula is C8H12ClN3. The lowest BCUT2D eigenvalue weighted by molar-refractivity contribution is 0.889. The maximum absolute atomic E-state index is 5.70. The van der Waals surface area contributed by atoms with Gasteiger partial charge in [-0.25, -0.2) is 4.98 Å². The van der Waals surface area contributed by atoms with Crippen LogP contribution in [0, 0.1) is 0 Å². The fourth-order valence-corrected chi connectivity index (χ4v) is 1.10. The van der Waals surface area contributed by atoms with Crippen molar-refractivity contribution in [3.8, 4) is 0 Å². The van der Waals surface area contributed by atoms with Gasteiger partial charge in [0, 0.05) is 17.8 Å². The molecular weight excluding hydrogens is 174 g/mol. The van der Waals surface area contributed by atoms with Gasteiger partial charge in [0.25, 0.3) is 0 Å². The third kappa shape index (κ3) is 2.58. The van der Waals surface area contributed by atoms with Crippen LogP contribution < -0.4 is 11.1 Å². The predicted octanol–water partition coefficient (Wildman–Crippen LogP) is 2.14. The van der Waals surface area contributed by atoms with Crippen molar-refractivity contribution >= 4 is 23.1 Å². The van der Waals surface area contributed by atoms with Gasteiger partial charge in [0.1, 0.15) is 11.0 Å². The monoisotopic (exact) mass is 185 g/mol. The zero-order valence-corrected chi connectivity index (χ0v) is 7.89. The summed E-state index contributed by atoms with van der Waals surface area (Å²) < 4.78 is 0. The molecule has 0 aliphatic carbocycles. The fraction of sp³-hybridized carbons (Fsp3) is 0.375. The molecule has 0 bridgehead atoms. The molecule has 0 spiro atoms. The number of nitrogens with one attached hydrogen (secondary N) is 1. The van der Waals surface area contributed by atoms with Gasteiger partial charge in [-0.3, -0.25) is 0 Å². The number of hydrogen-bond donors (Lipinski definition) is 2. The SMILES string of the molecule is CC(C)Nc1cc(N)cc(Cl)n1. The summed E-state index contributed by atoms with van der Waals surface area (Å²) in [5, 5.41) is 3.53. The Bertz CT molecular complexity index is 253. The smallest absolute Gasteiger partial charge is 0.133 e. The quantitative estimate of drug-likeness (QED) is 0.695. The first kappa shape index (κ1) is 9.13. The Morgan fingerprint density at radius 2 is 2.17 bits per heavy atom. The number of nitrogen functional groups attached to an aromatic ring is 1. The Hall–Kier alpha value is -0.960. The first-order chi connectivity index (χ1) is 5.58. The summed E-state index contributed by atoms with van der Waals surface area (Å²) in [6.07, 6.45) is 0. The maximum Gasteiger partial charge on any atom is 0.133 e. The predicted molar refractivity (Wildman–Crippen MR) is 52.4 cm³/mol. The number of anilines is 2. The Balaban J connectivity index is 2.85. The number of aromatic nitrogens is 1. The van der Waals surface area contributed by atoms with Crippen molar-refractivity contribution in [1.29, 1.82) is 0 Å². The van der Waals surface area contributed by atoms with Crippen LogP contribution in [-0.4, -0.2) is 11.0 Å². The molecule has 1 aromatic rings. The Morgan fingerprint density at radius 3 is 2.67 bits per heavy atom. The minimum Gasteiger partial charge on any atom is -0.399 e. The lowest BCUT2D eigenvalue weighted by Gasteiger charge is -2.09. The number of rotatable bonds is 2. The molecule has 0 atom stereocenters. The highest BCUT2D eigenvalue weighted by Gasteiger charge is 1.99. The summed E-state index contributed by atoms with van der Waals surface area (Å²) in [6, 6.07) is 3.70. The van der Waals surface area contributed by atoms with Crippen LogP contribution in [0.3, 0.4) is 0 Å². The van der Waals surface area contributed by atoms with Gasteiger partial charge in [-0.15, -0.1) is 0 Å². The first-order valence-electron chi connectivity index (χ1n) is 3.77. The van der Waals surface area contributed by atoms with Crippen LogP contribution in [0.5, 0.6) is 0 Å². The molecule has 0 fully saturated rings. The van der Waals surface area contributed by atoms with Gasteiger partial charge in [0.05, 0.1) is 0 Å². The fourth-order valence-electron chi connectivity index (χ4n) is 0.886. The zero-order chi connectivity index (χ0) is 9.14. The molecule has 1 heterocycles. The average Bonchev–Trinajstić information content (AvgIpc) is 1.81. The van der Waals surface area contributed by atoms with Gasteiger partial charge in [-0.1, -0.05) is 11.6 Å². The van der Waals surface area contributed by atoms with Crippen LogP contribution in [0.2, 0.25) is 5.15 Å². The van der Waals surface area contributed by atoms with Crippen LogP contribution in [0.1, 0.15) is 13.8 Å². The van der Waals surface area contributed by atoms with E-state index in [2.05, 4.69) is 10.3 Å². The molecule has 12 heavy (non-hydrogen) atoms. The number of nitrogens with zero attached hydrogens (tertiary/aromatic N) is 1. The van der Waals surface area contributed by atoms with Crippen molar-refractivity contribution in [2.75, 3.05) is 11.1 Å². The second-order valence-electron chi connectivity index (χ2n) is 2.91. The molecule has 0 radical (unpaired) electrons. The minimum absolute atomic E-state index is 0.329. The van der Waals surface area contributed by atoms with Crippen molar-refractivity contribution in [3.05, 3.63) is 17.3 Å². The number of pyridine rings is 1. The molecule has 66 valence electrons. The van der Waals surface area contributed by atoms with Gasteiger partial charge in [0.15, 0.2) is 0 Å². The van der Waals surface area contributed by atoms with E-state index in [0.29, 0.717) is 16.9 Å². The van der Waals surface area contributed by atoms with Gasteiger partial charge in [-0.2, -0.15) is 0 Å². The van der Waals surface area contributed by atoms with Crippen LogP contribution >= 0.6 is 11.6 Å². The first-order valence-corrected chi connectivity index (χ1v) is 4.15.